The molecule has 0 aromatic carbocycles. The zero-order valence-electron chi connectivity index (χ0n) is 12.0. The molecule has 0 rings (SSSR count). The first kappa shape index (κ1) is 17.2. The van der Waals surface area contributed by atoms with Gasteiger partial charge < -0.3 is 10.6 Å². The fraction of sp³-hybridized carbons (Fsp3) is 0.909. The molecule has 3 N–H and O–H groups in total. The molecular weight excluding hydrogens is 252 g/mol. The number of nitrogens with one attached hydrogen (secondary N) is 3. The van der Waals surface area contributed by atoms with E-state index in [2.05, 4.69) is 41.1 Å². The molecule has 18 heavy (non-hydrogen) atoms. The second kappa shape index (κ2) is 7.58. The average molecular weight is 278 g/mol. The number of hydrogen-bond donors (Lipinski definition) is 3. The molecule has 0 aliphatic heterocycles. The van der Waals surface area contributed by atoms with Crippen LogP contribution in [0.5, 0.6) is 0 Å². The topological polar surface area (TPSA) is 82.6 Å². The number of hydrogen-bond acceptors (Lipinski definition) is 3. The summed E-state index contributed by atoms with van der Waals surface area (Å²) in [5.41, 5.74) is -0.0496. The van der Waals surface area contributed by atoms with Gasteiger partial charge in [-0.1, -0.05) is 0 Å². The van der Waals surface area contributed by atoms with E-state index in [9.17, 15) is 8.42 Å². The number of aliphatic imine (C=N–C) groups is 1. The van der Waals surface area contributed by atoms with Crippen molar-refractivity contribution in [3.63, 3.8) is 0 Å². The summed E-state index contributed by atoms with van der Waals surface area (Å²) in [6, 6.07) is 0. The van der Waals surface area contributed by atoms with Crippen LogP contribution >= 0.6 is 0 Å². The first-order valence-corrected chi connectivity index (χ1v) is 8.04. The van der Waals surface area contributed by atoms with Crippen LogP contribution in [0.25, 0.3) is 0 Å². The number of rotatable bonds is 6. The highest BCUT2D eigenvalue weighted by Crippen LogP contribution is 1.97. The maximum Gasteiger partial charge on any atom is 0.208 e. The van der Waals surface area contributed by atoms with Gasteiger partial charge in [-0.05, 0) is 34.1 Å². The van der Waals surface area contributed by atoms with E-state index in [1.54, 1.807) is 0 Å². The van der Waals surface area contributed by atoms with E-state index in [-0.39, 0.29) is 5.54 Å². The minimum atomic E-state index is -3.09. The largest absolute Gasteiger partial charge is 0.357 e. The molecular formula is C11H26N4O2S. The monoisotopic (exact) mass is 278 g/mol. The standard InChI is InChI=1S/C11H26N4O2S/c1-6-12-10(15-11(2,3)4)13-8-7-9-14-18(5,16)17/h14H,6-9H2,1-5H3,(H2,12,13,15). The van der Waals surface area contributed by atoms with E-state index in [0.29, 0.717) is 19.5 Å². The quantitative estimate of drug-likeness (QED) is 0.370. The Balaban J connectivity index is 4.09. The summed E-state index contributed by atoms with van der Waals surface area (Å²) in [7, 11) is -3.09. The van der Waals surface area contributed by atoms with E-state index in [0.717, 1.165) is 18.8 Å². The summed E-state index contributed by atoms with van der Waals surface area (Å²) in [5, 5.41) is 6.41. The van der Waals surface area contributed by atoms with Crippen LogP contribution in [-0.2, 0) is 10.0 Å². The third kappa shape index (κ3) is 11.7. The molecule has 6 nitrogen and oxygen atoms in total. The highest BCUT2D eigenvalue weighted by atomic mass is 32.2. The van der Waals surface area contributed by atoms with Gasteiger partial charge >= 0.3 is 0 Å². The summed E-state index contributed by atoms with van der Waals surface area (Å²) in [6.07, 6.45) is 1.83. The van der Waals surface area contributed by atoms with Gasteiger partial charge in [-0.3, -0.25) is 4.99 Å². The summed E-state index contributed by atoms with van der Waals surface area (Å²) >= 11 is 0. The van der Waals surface area contributed by atoms with Crippen molar-refractivity contribution in [1.29, 1.82) is 0 Å². The molecule has 108 valence electrons. The molecule has 0 aromatic heterocycles. The molecule has 0 unspecified atom stereocenters. The van der Waals surface area contributed by atoms with Gasteiger partial charge in [-0.25, -0.2) is 13.1 Å². The maximum atomic E-state index is 10.8. The minimum absolute atomic E-state index is 0.0496. The molecule has 0 amide bonds. The first-order valence-electron chi connectivity index (χ1n) is 6.15. The minimum Gasteiger partial charge on any atom is -0.357 e. The first-order chi connectivity index (χ1) is 8.14. The van der Waals surface area contributed by atoms with Crippen molar-refractivity contribution < 1.29 is 8.42 Å². The molecule has 0 aliphatic carbocycles. The van der Waals surface area contributed by atoms with Gasteiger partial charge in [0.15, 0.2) is 5.96 Å². The molecule has 0 atom stereocenters. The Hall–Kier alpha value is -0.820. The van der Waals surface area contributed by atoms with Crippen LogP contribution in [0.2, 0.25) is 0 Å². The van der Waals surface area contributed by atoms with Gasteiger partial charge in [0, 0.05) is 25.2 Å². The Bertz CT molecular complexity index is 358. The Labute approximate surface area is 111 Å². The number of nitrogens with zero attached hydrogens (tertiary/aromatic N) is 1. The number of guanidine groups is 1. The summed E-state index contributed by atoms with van der Waals surface area (Å²) in [4.78, 5) is 4.38. The molecule has 7 heteroatoms. The van der Waals surface area contributed by atoms with Gasteiger partial charge in [0.25, 0.3) is 0 Å². The molecule has 0 bridgehead atoms. The lowest BCUT2D eigenvalue weighted by Gasteiger charge is -2.23. The maximum absolute atomic E-state index is 10.8. The third-order valence-electron chi connectivity index (χ3n) is 1.81. The summed E-state index contributed by atoms with van der Waals surface area (Å²) < 4.78 is 24.1. The highest BCUT2D eigenvalue weighted by molar-refractivity contribution is 7.88. The van der Waals surface area contributed by atoms with Crippen molar-refractivity contribution >= 4 is 16.0 Å². The lowest BCUT2D eigenvalue weighted by molar-refractivity contribution is 0.501. The van der Waals surface area contributed by atoms with Crippen molar-refractivity contribution in [3.05, 3.63) is 0 Å². The summed E-state index contributed by atoms with van der Waals surface area (Å²) in [6.45, 7) is 9.97. The van der Waals surface area contributed by atoms with Crippen molar-refractivity contribution in [3.8, 4) is 0 Å². The van der Waals surface area contributed by atoms with E-state index in [1.165, 1.54) is 0 Å². The third-order valence-corrected chi connectivity index (χ3v) is 2.54. The lowest BCUT2D eigenvalue weighted by atomic mass is 10.1. The van der Waals surface area contributed by atoms with E-state index < -0.39 is 10.0 Å². The lowest BCUT2D eigenvalue weighted by Crippen LogP contribution is -2.47. The zero-order valence-corrected chi connectivity index (χ0v) is 12.8. The molecule has 0 heterocycles. The van der Waals surface area contributed by atoms with Gasteiger partial charge in [0.05, 0.1) is 6.26 Å². The predicted octanol–water partition coefficient (Wildman–Crippen LogP) is 0.279. The van der Waals surface area contributed by atoms with Gasteiger partial charge in [-0.15, -0.1) is 0 Å². The Kier molecular flexibility index (Phi) is 7.23. The Morgan fingerprint density at radius 2 is 1.89 bits per heavy atom. The molecule has 0 radical (unpaired) electrons. The van der Waals surface area contributed by atoms with E-state index in [4.69, 9.17) is 0 Å². The fourth-order valence-electron chi connectivity index (χ4n) is 1.19. The van der Waals surface area contributed by atoms with Crippen molar-refractivity contribution in [2.45, 2.75) is 39.7 Å². The summed E-state index contributed by atoms with van der Waals surface area (Å²) in [5.74, 6) is 0.754. The van der Waals surface area contributed by atoms with Crippen LogP contribution < -0.4 is 15.4 Å². The van der Waals surface area contributed by atoms with Crippen LogP contribution in [0.4, 0.5) is 0 Å². The molecule has 0 saturated carbocycles. The normalized spacial score (nSPS) is 13.5. The molecule has 0 saturated heterocycles. The van der Waals surface area contributed by atoms with Gasteiger partial charge in [0.1, 0.15) is 0 Å². The van der Waals surface area contributed by atoms with Crippen LogP contribution in [0.1, 0.15) is 34.1 Å². The predicted molar refractivity (Wildman–Crippen MR) is 76.3 cm³/mol. The smallest absolute Gasteiger partial charge is 0.208 e. The molecule has 0 spiro atoms. The van der Waals surface area contributed by atoms with Crippen molar-refractivity contribution in [1.82, 2.24) is 15.4 Å². The van der Waals surface area contributed by atoms with Crippen molar-refractivity contribution in [2.75, 3.05) is 25.9 Å². The van der Waals surface area contributed by atoms with E-state index in [1.807, 2.05) is 6.92 Å². The average Bonchev–Trinajstić information content (AvgIpc) is 2.13. The van der Waals surface area contributed by atoms with Crippen LogP contribution in [0.15, 0.2) is 4.99 Å². The van der Waals surface area contributed by atoms with Gasteiger partial charge in [-0.2, -0.15) is 0 Å². The second-order valence-corrected chi connectivity index (χ2v) is 6.99. The van der Waals surface area contributed by atoms with E-state index >= 15 is 0 Å². The molecule has 0 fully saturated rings. The van der Waals surface area contributed by atoms with Gasteiger partial charge in [0.2, 0.25) is 10.0 Å². The Morgan fingerprint density at radius 3 is 2.33 bits per heavy atom. The second-order valence-electron chi connectivity index (χ2n) is 5.16. The van der Waals surface area contributed by atoms with Crippen molar-refractivity contribution in [2.24, 2.45) is 4.99 Å². The number of sulfonamides is 1. The zero-order chi connectivity index (χ0) is 14.2. The van der Waals surface area contributed by atoms with Crippen LogP contribution in [-0.4, -0.2) is 45.8 Å². The SMILES string of the molecule is CCNC(=NCCCNS(C)(=O)=O)NC(C)(C)C. The van der Waals surface area contributed by atoms with Crippen LogP contribution in [0.3, 0.4) is 0 Å². The molecule has 0 aromatic rings. The fourth-order valence-corrected chi connectivity index (χ4v) is 1.70. The Morgan fingerprint density at radius 1 is 1.28 bits per heavy atom. The molecule has 0 aliphatic rings. The highest BCUT2D eigenvalue weighted by Gasteiger charge is 2.11. The van der Waals surface area contributed by atoms with Crippen LogP contribution in [0, 0.1) is 0 Å².